The van der Waals surface area contributed by atoms with Gasteiger partial charge in [0.25, 0.3) is 0 Å². The Bertz CT molecular complexity index is 285. The molecule has 1 aliphatic rings. The van der Waals surface area contributed by atoms with Gasteiger partial charge in [-0.3, -0.25) is 9.79 Å². The van der Waals surface area contributed by atoms with Gasteiger partial charge in [-0.25, -0.2) is 0 Å². The van der Waals surface area contributed by atoms with Crippen molar-refractivity contribution in [3.63, 3.8) is 0 Å². The zero-order chi connectivity index (χ0) is 11.6. The number of rotatable bonds is 4. The molecule has 1 aliphatic heterocycles. The number of guanidine groups is 1. The Hall–Kier alpha value is -1.26. The average Bonchev–Trinajstić information content (AvgIpc) is 2.21. The molecule has 1 saturated heterocycles. The fraction of sp³-hybridized carbons (Fsp3) is 0.800. The molecule has 2 atom stereocenters. The fourth-order valence-corrected chi connectivity index (χ4v) is 2.09. The highest BCUT2D eigenvalue weighted by molar-refractivity contribution is 5.89. The van der Waals surface area contributed by atoms with E-state index in [1.54, 1.807) is 4.90 Å². The van der Waals surface area contributed by atoms with Crippen LogP contribution < -0.4 is 11.5 Å². The Balaban J connectivity index is 2.39. The molecule has 0 aromatic heterocycles. The van der Waals surface area contributed by atoms with Gasteiger partial charge >= 0.3 is 0 Å². The molecule has 1 rings (SSSR count). The second kappa shape index (κ2) is 4.08. The number of β-lactam (4-membered cyclic amide) rings is 1. The number of carbonyl (C=O) groups excluding carboxylic acids is 1. The normalized spacial score (nSPS) is 29.9. The highest BCUT2D eigenvalue weighted by Crippen LogP contribution is 2.41. The first-order valence-electron chi connectivity index (χ1n) is 5.22. The van der Waals surface area contributed by atoms with E-state index in [2.05, 4.69) is 11.9 Å². The Kier molecular flexibility index (Phi) is 3.21. The lowest BCUT2D eigenvalue weighted by molar-refractivity contribution is -0.166. The molecule has 0 spiro atoms. The van der Waals surface area contributed by atoms with Gasteiger partial charge < -0.3 is 16.4 Å². The fourth-order valence-electron chi connectivity index (χ4n) is 2.09. The van der Waals surface area contributed by atoms with Gasteiger partial charge in [0.15, 0.2) is 5.96 Å². The van der Waals surface area contributed by atoms with Crippen LogP contribution in [0.4, 0.5) is 0 Å². The maximum atomic E-state index is 11.7. The molecule has 1 amide bonds. The van der Waals surface area contributed by atoms with E-state index >= 15 is 0 Å². The largest absolute Gasteiger partial charge is 0.370 e. The van der Waals surface area contributed by atoms with E-state index in [0.717, 1.165) is 12.8 Å². The van der Waals surface area contributed by atoms with Crippen LogP contribution in [0.5, 0.6) is 0 Å². The monoisotopic (exact) mass is 212 g/mol. The first kappa shape index (κ1) is 11.8. The van der Waals surface area contributed by atoms with E-state index in [9.17, 15) is 4.79 Å². The summed E-state index contributed by atoms with van der Waals surface area (Å²) in [4.78, 5) is 17.3. The highest BCUT2D eigenvalue weighted by Gasteiger charge is 2.52. The van der Waals surface area contributed by atoms with Gasteiger partial charge in [-0.15, -0.1) is 0 Å². The average molecular weight is 212 g/mol. The molecule has 5 nitrogen and oxygen atoms in total. The van der Waals surface area contributed by atoms with Crippen molar-refractivity contribution in [1.82, 2.24) is 4.90 Å². The lowest BCUT2D eigenvalue weighted by Gasteiger charge is -2.51. The summed E-state index contributed by atoms with van der Waals surface area (Å²) in [6, 6.07) is 0.309. The van der Waals surface area contributed by atoms with E-state index in [4.69, 9.17) is 11.5 Å². The molecule has 0 aromatic rings. The second-order valence-corrected chi connectivity index (χ2v) is 4.42. The SMILES string of the molecule is C[C@H]1N(C)C(=O)[C@@]1(C)CCCN=C(N)N. The number of hydrogen-bond donors (Lipinski definition) is 2. The van der Waals surface area contributed by atoms with Crippen molar-refractivity contribution in [2.75, 3.05) is 13.6 Å². The quantitative estimate of drug-likeness (QED) is 0.295. The van der Waals surface area contributed by atoms with Crippen molar-refractivity contribution in [3.8, 4) is 0 Å². The lowest BCUT2D eigenvalue weighted by Crippen LogP contribution is -2.64. The van der Waals surface area contributed by atoms with Crippen LogP contribution >= 0.6 is 0 Å². The zero-order valence-corrected chi connectivity index (χ0v) is 9.66. The van der Waals surface area contributed by atoms with Crippen LogP contribution in [0.2, 0.25) is 0 Å². The second-order valence-electron chi connectivity index (χ2n) is 4.42. The summed E-state index contributed by atoms with van der Waals surface area (Å²) in [5, 5.41) is 0. The van der Waals surface area contributed by atoms with E-state index in [0.29, 0.717) is 12.6 Å². The van der Waals surface area contributed by atoms with Gasteiger partial charge in [-0.2, -0.15) is 0 Å². The summed E-state index contributed by atoms with van der Waals surface area (Å²) in [6.45, 7) is 4.68. The molecule has 15 heavy (non-hydrogen) atoms. The van der Waals surface area contributed by atoms with Crippen molar-refractivity contribution in [3.05, 3.63) is 0 Å². The van der Waals surface area contributed by atoms with Crippen molar-refractivity contribution < 1.29 is 4.79 Å². The molecule has 86 valence electrons. The number of likely N-dealkylation sites (tertiary alicyclic amines) is 1. The molecule has 1 heterocycles. The van der Waals surface area contributed by atoms with Crippen molar-refractivity contribution in [1.29, 1.82) is 0 Å². The minimum Gasteiger partial charge on any atom is -0.370 e. The van der Waals surface area contributed by atoms with Crippen LogP contribution in [0.3, 0.4) is 0 Å². The van der Waals surface area contributed by atoms with Crippen LogP contribution in [0.1, 0.15) is 26.7 Å². The van der Waals surface area contributed by atoms with Gasteiger partial charge in [0.05, 0.1) is 5.41 Å². The Labute approximate surface area is 90.5 Å². The zero-order valence-electron chi connectivity index (χ0n) is 9.66. The van der Waals surface area contributed by atoms with Crippen molar-refractivity contribution in [2.45, 2.75) is 32.7 Å². The van der Waals surface area contributed by atoms with Gasteiger partial charge in [0.2, 0.25) is 5.91 Å². The smallest absolute Gasteiger partial charge is 0.230 e. The maximum Gasteiger partial charge on any atom is 0.230 e. The third-order valence-electron chi connectivity index (χ3n) is 3.46. The van der Waals surface area contributed by atoms with Crippen LogP contribution in [0, 0.1) is 5.41 Å². The molecule has 0 aliphatic carbocycles. The molecule has 1 fully saturated rings. The molecule has 0 aromatic carbocycles. The molecule has 0 bridgehead atoms. The number of hydrogen-bond acceptors (Lipinski definition) is 2. The summed E-state index contributed by atoms with van der Waals surface area (Å²) in [5.41, 5.74) is 10.2. The van der Waals surface area contributed by atoms with Crippen LogP contribution in [0.25, 0.3) is 0 Å². The summed E-state index contributed by atoms with van der Waals surface area (Å²) in [7, 11) is 1.84. The minimum absolute atomic E-state index is 0.116. The van der Waals surface area contributed by atoms with Gasteiger partial charge in [0.1, 0.15) is 0 Å². The Morgan fingerprint density at radius 1 is 1.60 bits per heavy atom. The predicted octanol–water partition coefficient (Wildman–Crippen LogP) is -0.0932. The van der Waals surface area contributed by atoms with Crippen molar-refractivity contribution in [2.24, 2.45) is 21.9 Å². The predicted molar refractivity (Wildman–Crippen MR) is 60.2 cm³/mol. The first-order chi connectivity index (χ1) is 6.89. The van der Waals surface area contributed by atoms with Crippen molar-refractivity contribution >= 4 is 11.9 Å². The number of carbonyl (C=O) groups is 1. The van der Waals surface area contributed by atoms with E-state index in [1.165, 1.54) is 0 Å². The topological polar surface area (TPSA) is 84.7 Å². The maximum absolute atomic E-state index is 11.7. The number of nitrogens with zero attached hydrogens (tertiary/aromatic N) is 2. The number of amides is 1. The summed E-state index contributed by atoms with van der Waals surface area (Å²) in [6.07, 6.45) is 1.69. The van der Waals surface area contributed by atoms with E-state index < -0.39 is 0 Å². The van der Waals surface area contributed by atoms with Gasteiger partial charge in [0, 0.05) is 19.6 Å². The number of nitrogens with two attached hydrogens (primary N) is 2. The molecular weight excluding hydrogens is 192 g/mol. The molecule has 0 unspecified atom stereocenters. The van der Waals surface area contributed by atoms with E-state index in [-0.39, 0.29) is 17.3 Å². The molecule has 5 heteroatoms. The molecule has 4 N–H and O–H groups in total. The third kappa shape index (κ3) is 2.06. The lowest BCUT2D eigenvalue weighted by atomic mass is 9.70. The Morgan fingerprint density at radius 2 is 2.20 bits per heavy atom. The Morgan fingerprint density at radius 3 is 2.67 bits per heavy atom. The summed E-state index contributed by atoms with van der Waals surface area (Å²) < 4.78 is 0. The molecule has 0 radical (unpaired) electrons. The van der Waals surface area contributed by atoms with Crippen LogP contribution in [0.15, 0.2) is 4.99 Å². The highest BCUT2D eigenvalue weighted by atomic mass is 16.2. The number of aliphatic imine (C=N–C) groups is 1. The van der Waals surface area contributed by atoms with Gasteiger partial charge in [-0.05, 0) is 26.7 Å². The van der Waals surface area contributed by atoms with Gasteiger partial charge in [-0.1, -0.05) is 0 Å². The summed E-state index contributed by atoms with van der Waals surface area (Å²) >= 11 is 0. The molecule has 0 saturated carbocycles. The van der Waals surface area contributed by atoms with Crippen LogP contribution in [-0.2, 0) is 4.79 Å². The summed E-state index contributed by atoms with van der Waals surface area (Å²) in [5.74, 6) is 0.338. The minimum atomic E-state index is -0.215. The van der Waals surface area contributed by atoms with E-state index in [1.807, 2.05) is 14.0 Å². The third-order valence-corrected chi connectivity index (χ3v) is 3.46. The van der Waals surface area contributed by atoms with Crippen LogP contribution in [-0.4, -0.2) is 36.4 Å². The first-order valence-corrected chi connectivity index (χ1v) is 5.22. The standard InChI is InChI=1S/C10H20N4O/c1-7-10(2,8(15)14(7)3)5-4-6-13-9(11)12/h7H,4-6H2,1-3H3,(H4,11,12,13)/t7-,10+/m1/s1. The molecular formula is C10H20N4O.